The molecule has 0 aliphatic carbocycles. The van der Waals surface area contributed by atoms with Crippen LogP contribution in [0.25, 0.3) is 0 Å². The summed E-state index contributed by atoms with van der Waals surface area (Å²) < 4.78 is 8.91. The normalized spacial score (nSPS) is 11.9. The standard InChI is InChI=1S/C7H11O4/c1-4-6(8)11-5(2)7(9)10-3/h4-5H,1-3H3. The second-order valence-corrected chi connectivity index (χ2v) is 1.89. The molecular weight excluding hydrogens is 148 g/mol. The molecule has 0 aromatic carbocycles. The molecule has 1 radical (unpaired) electrons. The number of hydrogen-bond acceptors (Lipinski definition) is 4. The fraction of sp³-hybridized carbons (Fsp3) is 0.571. The molecule has 0 bridgehead atoms. The maximum Gasteiger partial charge on any atom is 0.346 e. The van der Waals surface area contributed by atoms with Crippen molar-refractivity contribution in [1.82, 2.24) is 0 Å². The molecule has 4 nitrogen and oxygen atoms in total. The maximum atomic E-state index is 10.6. The molecule has 0 aromatic rings. The van der Waals surface area contributed by atoms with Crippen molar-refractivity contribution in [2.75, 3.05) is 7.11 Å². The van der Waals surface area contributed by atoms with E-state index >= 15 is 0 Å². The lowest BCUT2D eigenvalue weighted by Gasteiger charge is -2.08. The molecule has 0 saturated carbocycles. The highest BCUT2D eigenvalue weighted by Gasteiger charge is 2.16. The van der Waals surface area contributed by atoms with Crippen LogP contribution in [-0.4, -0.2) is 25.2 Å². The van der Waals surface area contributed by atoms with Crippen LogP contribution in [0.4, 0.5) is 0 Å². The SMILES string of the molecule is C[CH]C(=O)OC(C)C(=O)OC. The molecule has 0 N–H and O–H groups in total. The van der Waals surface area contributed by atoms with Crippen LogP contribution >= 0.6 is 0 Å². The zero-order valence-corrected chi connectivity index (χ0v) is 6.79. The van der Waals surface area contributed by atoms with Gasteiger partial charge in [-0.1, -0.05) is 6.92 Å². The van der Waals surface area contributed by atoms with E-state index in [9.17, 15) is 9.59 Å². The molecule has 0 aromatic heterocycles. The first-order valence-electron chi connectivity index (χ1n) is 3.19. The monoisotopic (exact) mass is 159 g/mol. The minimum Gasteiger partial charge on any atom is -0.466 e. The van der Waals surface area contributed by atoms with E-state index < -0.39 is 18.0 Å². The lowest BCUT2D eigenvalue weighted by molar-refractivity contribution is -0.162. The first-order valence-corrected chi connectivity index (χ1v) is 3.19. The minimum absolute atomic E-state index is 0.525. The van der Waals surface area contributed by atoms with Crippen LogP contribution in [0.2, 0.25) is 0 Å². The number of rotatable bonds is 3. The second-order valence-electron chi connectivity index (χ2n) is 1.89. The molecule has 0 aliphatic rings. The Labute approximate surface area is 65.5 Å². The Kier molecular flexibility index (Phi) is 4.26. The fourth-order valence-corrected chi connectivity index (χ4v) is 0.456. The van der Waals surface area contributed by atoms with Crippen molar-refractivity contribution in [2.45, 2.75) is 20.0 Å². The summed E-state index contributed by atoms with van der Waals surface area (Å²) in [7, 11) is 1.24. The Balaban J connectivity index is 3.77. The summed E-state index contributed by atoms with van der Waals surface area (Å²) in [5.41, 5.74) is 0. The summed E-state index contributed by atoms with van der Waals surface area (Å²) in [6.45, 7) is 2.99. The molecule has 0 heterocycles. The fourth-order valence-electron chi connectivity index (χ4n) is 0.456. The summed E-state index contributed by atoms with van der Waals surface area (Å²) in [4.78, 5) is 21.2. The quantitative estimate of drug-likeness (QED) is 0.556. The van der Waals surface area contributed by atoms with Gasteiger partial charge in [-0.3, -0.25) is 4.79 Å². The van der Waals surface area contributed by atoms with Gasteiger partial charge >= 0.3 is 11.9 Å². The summed E-state index contributed by atoms with van der Waals surface area (Å²) >= 11 is 0. The zero-order chi connectivity index (χ0) is 8.85. The first-order chi connectivity index (χ1) is 5.11. The van der Waals surface area contributed by atoms with E-state index in [0.29, 0.717) is 0 Å². The number of carbonyl (C=O) groups is 2. The van der Waals surface area contributed by atoms with Crippen LogP contribution < -0.4 is 0 Å². The van der Waals surface area contributed by atoms with Crippen LogP contribution in [-0.2, 0) is 19.1 Å². The third-order valence-electron chi connectivity index (χ3n) is 1.06. The van der Waals surface area contributed by atoms with Gasteiger partial charge in [0.25, 0.3) is 0 Å². The van der Waals surface area contributed by atoms with Crippen molar-refractivity contribution in [3.05, 3.63) is 6.42 Å². The summed E-state index contributed by atoms with van der Waals surface area (Å²) in [5.74, 6) is -1.08. The molecule has 0 rings (SSSR count). The topological polar surface area (TPSA) is 52.6 Å². The van der Waals surface area contributed by atoms with Crippen LogP contribution in [0.5, 0.6) is 0 Å². The number of ether oxygens (including phenoxy) is 2. The Morgan fingerprint density at radius 2 is 2.00 bits per heavy atom. The molecule has 11 heavy (non-hydrogen) atoms. The van der Waals surface area contributed by atoms with E-state index in [1.165, 1.54) is 27.4 Å². The van der Waals surface area contributed by atoms with Crippen LogP contribution in [0.15, 0.2) is 0 Å². The van der Waals surface area contributed by atoms with Gasteiger partial charge in [0.15, 0.2) is 6.10 Å². The maximum absolute atomic E-state index is 10.6. The van der Waals surface area contributed by atoms with E-state index in [0.717, 1.165) is 0 Å². The summed E-state index contributed by atoms with van der Waals surface area (Å²) in [5, 5.41) is 0. The summed E-state index contributed by atoms with van der Waals surface area (Å²) in [6, 6.07) is 0. The Bertz CT molecular complexity index is 153. The third-order valence-corrected chi connectivity index (χ3v) is 1.06. The Morgan fingerprint density at radius 3 is 2.36 bits per heavy atom. The Hall–Kier alpha value is -1.06. The van der Waals surface area contributed by atoms with Gasteiger partial charge in [-0.15, -0.1) is 0 Å². The Morgan fingerprint density at radius 1 is 1.45 bits per heavy atom. The molecule has 1 unspecified atom stereocenters. The molecule has 63 valence electrons. The van der Waals surface area contributed by atoms with E-state index in [4.69, 9.17) is 0 Å². The van der Waals surface area contributed by atoms with Gasteiger partial charge in [0, 0.05) is 0 Å². The molecule has 0 saturated heterocycles. The van der Waals surface area contributed by atoms with Gasteiger partial charge in [0.05, 0.1) is 13.5 Å². The van der Waals surface area contributed by atoms with Crippen LogP contribution in [0, 0.1) is 6.42 Å². The van der Waals surface area contributed by atoms with Gasteiger partial charge in [0.1, 0.15) is 0 Å². The number of esters is 2. The van der Waals surface area contributed by atoms with E-state index in [2.05, 4.69) is 9.47 Å². The van der Waals surface area contributed by atoms with Crippen molar-refractivity contribution < 1.29 is 19.1 Å². The van der Waals surface area contributed by atoms with Gasteiger partial charge in [0.2, 0.25) is 0 Å². The molecule has 1 atom stereocenters. The molecular formula is C7H11O4. The average molecular weight is 159 g/mol. The molecule has 0 spiro atoms. The predicted molar refractivity (Wildman–Crippen MR) is 37.5 cm³/mol. The predicted octanol–water partition coefficient (Wildman–Crippen LogP) is 0.315. The highest BCUT2D eigenvalue weighted by molar-refractivity contribution is 5.82. The lowest BCUT2D eigenvalue weighted by atomic mass is 10.4. The van der Waals surface area contributed by atoms with Gasteiger partial charge in [-0.25, -0.2) is 4.79 Å². The molecule has 0 fully saturated rings. The van der Waals surface area contributed by atoms with Crippen molar-refractivity contribution in [1.29, 1.82) is 0 Å². The lowest BCUT2D eigenvalue weighted by Crippen LogP contribution is -2.24. The number of methoxy groups -OCH3 is 1. The number of carbonyl (C=O) groups excluding carboxylic acids is 2. The van der Waals surface area contributed by atoms with E-state index in [1.807, 2.05) is 0 Å². The molecule has 0 amide bonds. The van der Waals surface area contributed by atoms with Crippen LogP contribution in [0.1, 0.15) is 13.8 Å². The number of hydrogen-bond donors (Lipinski definition) is 0. The average Bonchev–Trinajstić information content (AvgIpc) is 2.02. The van der Waals surface area contributed by atoms with Gasteiger partial charge < -0.3 is 9.47 Å². The van der Waals surface area contributed by atoms with E-state index in [1.54, 1.807) is 0 Å². The van der Waals surface area contributed by atoms with Crippen molar-refractivity contribution in [2.24, 2.45) is 0 Å². The zero-order valence-electron chi connectivity index (χ0n) is 6.79. The van der Waals surface area contributed by atoms with Crippen LogP contribution in [0.3, 0.4) is 0 Å². The van der Waals surface area contributed by atoms with Crippen molar-refractivity contribution >= 4 is 11.9 Å². The largest absolute Gasteiger partial charge is 0.466 e. The smallest absolute Gasteiger partial charge is 0.346 e. The highest BCUT2D eigenvalue weighted by Crippen LogP contribution is 1.95. The van der Waals surface area contributed by atoms with Crippen molar-refractivity contribution in [3.63, 3.8) is 0 Å². The third kappa shape index (κ3) is 3.60. The van der Waals surface area contributed by atoms with Gasteiger partial charge in [-0.2, -0.15) is 0 Å². The second kappa shape index (κ2) is 4.71. The van der Waals surface area contributed by atoms with Gasteiger partial charge in [-0.05, 0) is 6.92 Å². The highest BCUT2D eigenvalue weighted by atomic mass is 16.6. The van der Waals surface area contributed by atoms with Crippen molar-refractivity contribution in [3.8, 4) is 0 Å². The molecule has 0 aliphatic heterocycles. The summed E-state index contributed by atoms with van der Waals surface area (Å²) in [6.07, 6.45) is 0.406. The molecule has 4 heteroatoms. The first kappa shape index (κ1) is 9.94. The van der Waals surface area contributed by atoms with E-state index in [-0.39, 0.29) is 0 Å². The minimum atomic E-state index is -0.830.